The molecule has 1 atom stereocenters. The predicted octanol–water partition coefficient (Wildman–Crippen LogP) is 1.60. The Morgan fingerprint density at radius 2 is 2.22 bits per heavy atom. The van der Waals surface area contributed by atoms with Crippen molar-refractivity contribution in [2.75, 3.05) is 25.4 Å². The van der Waals surface area contributed by atoms with Crippen molar-refractivity contribution in [1.29, 1.82) is 0 Å². The number of morpholine rings is 1. The van der Waals surface area contributed by atoms with Gasteiger partial charge in [-0.15, -0.1) is 0 Å². The highest BCUT2D eigenvalue weighted by molar-refractivity contribution is 5.31. The highest BCUT2D eigenvalue weighted by Crippen LogP contribution is 2.15. The van der Waals surface area contributed by atoms with Crippen molar-refractivity contribution in [1.82, 2.24) is 19.9 Å². The SMILES string of the molecule is Cc1cnc(CN2CCOC(CCc3ccnc(N)c3)C2)cn1. The van der Waals surface area contributed by atoms with Gasteiger partial charge in [0.2, 0.25) is 0 Å². The molecule has 1 aliphatic heterocycles. The number of aromatic nitrogens is 3. The lowest BCUT2D eigenvalue weighted by Gasteiger charge is -2.32. The lowest BCUT2D eigenvalue weighted by Crippen LogP contribution is -2.42. The Morgan fingerprint density at radius 1 is 1.30 bits per heavy atom. The number of aryl methyl sites for hydroxylation is 2. The Labute approximate surface area is 136 Å². The summed E-state index contributed by atoms with van der Waals surface area (Å²) in [6.07, 6.45) is 7.63. The fraction of sp³-hybridized carbons (Fsp3) is 0.471. The van der Waals surface area contributed by atoms with Crippen molar-refractivity contribution in [3.05, 3.63) is 47.7 Å². The molecule has 0 saturated carbocycles. The van der Waals surface area contributed by atoms with E-state index in [1.165, 1.54) is 5.56 Å². The third kappa shape index (κ3) is 4.71. The molecule has 0 aliphatic carbocycles. The number of ether oxygens (including phenoxy) is 1. The van der Waals surface area contributed by atoms with Crippen LogP contribution in [0.15, 0.2) is 30.7 Å². The highest BCUT2D eigenvalue weighted by Gasteiger charge is 2.20. The topological polar surface area (TPSA) is 77.2 Å². The number of rotatable bonds is 5. The molecule has 2 aromatic rings. The van der Waals surface area contributed by atoms with Gasteiger partial charge in [0.05, 0.1) is 24.1 Å². The average Bonchev–Trinajstić information content (AvgIpc) is 2.56. The monoisotopic (exact) mass is 313 g/mol. The maximum atomic E-state index is 5.89. The van der Waals surface area contributed by atoms with Crippen LogP contribution in [0.2, 0.25) is 0 Å². The Bertz CT molecular complexity index is 631. The van der Waals surface area contributed by atoms with Gasteiger partial charge < -0.3 is 10.5 Å². The van der Waals surface area contributed by atoms with E-state index in [1.807, 2.05) is 31.5 Å². The second-order valence-electron chi connectivity index (χ2n) is 6.00. The zero-order valence-electron chi connectivity index (χ0n) is 13.5. The molecule has 6 nitrogen and oxygen atoms in total. The molecule has 0 amide bonds. The molecule has 3 heterocycles. The number of hydrogen-bond donors (Lipinski definition) is 1. The fourth-order valence-electron chi connectivity index (χ4n) is 2.81. The van der Waals surface area contributed by atoms with Crippen molar-refractivity contribution < 1.29 is 4.74 Å². The van der Waals surface area contributed by atoms with E-state index in [1.54, 1.807) is 6.20 Å². The summed E-state index contributed by atoms with van der Waals surface area (Å²) in [5.74, 6) is 0.576. The molecular formula is C17H23N5O. The Kier molecular flexibility index (Phi) is 5.15. The van der Waals surface area contributed by atoms with Crippen LogP contribution in [0.25, 0.3) is 0 Å². The van der Waals surface area contributed by atoms with E-state index < -0.39 is 0 Å². The van der Waals surface area contributed by atoms with E-state index in [0.717, 1.165) is 50.5 Å². The summed E-state index contributed by atoms with van der Waals surface area (Å²) in [4.78, 5) is 15.2. The molecule has 23 heavy (non-hydrogen) atoms. The number of pyridine rings is 1. The summed E-state index contributed by atoms with van der Waals surface area (Å²) < 4.78 is 5.89. The second kappa shape index (κ2) is 7.48. The standard InChI is InChI=1S/C17H23N5O/c1-13-9-21-15(10-20-13)11-22-6-7-23-16(12-22)3-2-14-4-5-19-17(18)8-14/h4-5,8-10,16H,2-3,6-7,11-12H2,1H3,(H2,18,19). The van der Waals surface area contributed by atoms with Crippen LogP contribution in [-0.2, 0) is 17.7 Å². The maximum absolute atomic E-state index is 5.89. The largest absolute Gasteiger partial charge is 0.384 e. The van der Waals surface area contributed by atoms with Gasteiger partial charge in [-0.3, -0.25) is 14.9 Å². The van der Waals surface area contributed by atoms with E-state index in [-0.39, 0.29) is 6.10 Å². The molecule has 1 saturated heterocycles. The van der Waals surface area contributed by atoms with Crippen LogP contribution in [0.1, 0.15) is 23.4 Å². The lowest BCUT2D eigenvalue weighted by atomic mass is 10.1. The molecule has 122 valence electrons. The summed E-state index contributed by atoms with van der Waals surface area (Å²) in [5.41, 5.74) is 8.89. The van der Waals surface area contributed by atoms with E-state index in [4.69, 9.17) is 10.5 Å². The van der Waals surface area contributed by atoms with E-state index in [0.29, 0.717) is 5.82 Å². The number of nitrogens with zero attached hydrogens (tertiary/aromatic N) is 4. The Morgan fingerprint density at radius 3 is 3.00 bits per heavy atom. The second-order valence-corrected chi connectivity index (χ2v) is 6.00. The quantitative estimate of drug-likeness (QED) is 0.903. The molecule has 1 fully saturated rings. The van der Waals surface area contributed by atoms with Crippen LogP contribution in [-0.4, -0.2) is 45.7 Å². The van der Waals surface area contributed by atoms with Crippen molar-refractivity contribution in [2.24, 2.45) is 0 Å². The van der Waals surface area contributed by atoms with Gasteiger partial charge in [0.25, 0.3) is 0 Å². The van der Waals surface area contributed by atoms with E-state index in [2.05, 4.69) is 19.9 Å². The summed E-state index contributed by atoms with van der Waals surface area (Å²) in [7, 11) is 0. The zero-order chi connectivity index (χ0) is 16.1. The Hall–Kier alpha value is -2.05. The van der Waals surface area contributed by atoms with E-state index >= 15 is 0 Å². The number of hydrogen-bond acceptors (Lipinski definition) is 6. The predicted molar refractivity (Wildman–Crippen MR) is 88.8 cm³/mol. The average molecular weight is 313 g/mol. The summed E-state index contributed by atoms with van der Waals surface area (Å²) in [5, 5.41) is 0. The van der Waals surface area contributed by atoms with Crippen LogP contribution < -0.4 is 5.73 Å². The first-order valence-corrected chi connectivity index (χ1v) is 8.01. The van der Waals surface area contributed by atoms with Gasteiger partial charge in [-0.25, -0.2) is 4.98 Å². The molecule has 2 aromatic heterocycles. The molecule has 6 heteroatoms. The first-order valence-electron chi connectivity index (χ1n) is 8.01. The number of anilines is 1. The van der Waals surface area contributed by atoms with Gasteiger partial charge in [-0.05, 0) is 37.5 Å². The number of nitrogens with two attached hydrogens (primary N) is 1. The molecule has 1 aliphatic rings. The van der Waals surface area contributed by atoms with Gasteiger partial charge in [0.1, 0.15) is 5.82 Å². The van der Waals surface area contributed by atoms with Gasteiger partial charge in [-0.2, -0.15) is 0 Å². The van der Waals surface area contributed by atoms with Crippen molar-refractivity contribution in [3.63, 3.8) is 0 Å². The minimum Gasteiger partial charge on any atom is -0.384 e. The first-order chi connectivity index (χ1) is 11.2. The summed E-state index contributed by atoms with van der Waals surface area (Å²) in [6.45, 7) is 5.41. The molecule has 0 spiro atoms. The molecule has 0 radical (unpaired) electrons. The molecule has 2 N–H and O–H groups in total. The van der Waals surface area contributed by atoms with Crippen LogP contribution in [0.4, 0.5) is 5.82 Å². The molecule has 0 aromatic carbocycles. The molecule has 1 unspecified atom stereocenters. The minimum atomic E-state index is 0.247. The third-order valence-electron chi connectivity index (χ3n) is 4.04. The minimum absolute atomic E-state index is 0.247. The van der Waals surface area contributed by atoms with Gasteiger partial charge >= 0.3 is 0 Å². The van der Waals surface area contributed by atoms with Crippen molar-refractivity contribution >= 4 is 5.82 Å². The summed E-state index contributed by atoms with van der Waals surface area (Å²) in [6, 6.07) is 3.95. The maximum Gasteiger partial charge on any atom is 0.123 e. The van der Waals surface area contributed by atoms with E-state index in [9.17, 15) is 0 Å². The van der Waals surface area contributed by atoms with Gasteiger partial charge in [0, 0.05) is 38.2 Å². The summed E-state index contributed by atoms with van der Waals surface area (Å²) >= 11 is 0. The zero-order valence-corrected chi connectivity index (χ0v) is 13.5. The normalized spacial score (nSPS) is 18.9. The van der Waals surface area contributed by atoms with Crippen molar-refractivity contribution in [2.45, 2.75) is 32.4 Å². The highest BCUT2D eigenvalue weighted by atomic mass is 16.5. The van der Waals surface area contributed by atoms with Gasteiger partial charge in [-0.1, -0.05) is 0 Å². The van der Waals surface area contributed by atoms with Crippen LogP contribution in [0.5, 0.6) is 0 Å². The van der Waals surface area contributed by atoms with Crippen molar-refractivity contribution in [3.8, 4) is 0 Å². The molecular weight excluding hydrogens is 290 g/mol. The Balaban J connectivity index is 1.50. The fourth-order valence-corrected chi connectivity index (χ4v) is 2.81. The van der Waals surface area contributed by atoms with Crippen LogP contribution in [0, 0.1) is 6.92 Å². The third-order valence-corrected chi connectivity index (χ3v) is 4.04. The van der Waals surface area contributed by atoms with Crippen LogP contribution in [0.3, 0.4) is 0 Å². The first kappa shape index (κ1) is 15.8. The molecule has 3 rings (SSSR count). The molecule has 0 bridgehead atoms. The van der Waals surface area contributed by atoms with Gasteiger partial charge in [0.15, 0.2) is 0 Å². The number of nitrogen functional groups attached to an aromatic ring is 1. The van der Waals surface area contributed by atoms with Crippen LogP contribution >= 0.6 is 0 Å². The smallest absolute Gasteiger partial charge is 0.123 e. The lowest BCUT2D eigenvalue weighted by molar-refractivity contribution is -0.0349.